The summed E-state index contributed by atoms with van der Waals surface area (Å²) in [5.41, 5.74) is -0.442. The number of nitrogens with zero attached hydrogens (tertiary/aromatic N) is 3. The van der Waals surface area contributed by atoms with Gasteiger partial charge in [-0.15, -0.1) is 0 Å². The Hall–Kier alpha value is -2.02. The molecule has 0 bridgehead atoms. The average molecular weight is 297 g/mol. The van der Waals surface area contributed by atoms with Crippen LogP contribution in [0, 0.1) is 22.9 Å². The predicted molar refractivity (Wildman–Crippen MR) is 77.9 cm³/mol. The normalized spacial score (nSPS) is 10.8. The molecule has 0 fully saturated rings. The second-order valence-corrected chi connectivity index (χ2v) is 5.26. The number of nitro benzene ring substituents is 1. The third kappa shape index (κ3) is 4.49. The Morgan fingerprint density at radius 3 is 2.43 bits per heavy atom. The lowest BCUT2D eigenvalue weighted by Crippen LogP contribution is -2.30. The van der Waals surface area contributed by atoms with Gasteiger partial charge in [-0.3, -0.25) is 14.9 Å². The number of rotatable bonds is 6. The number of nitro groups is 1. The predicted octanol–water partition coefficient (Wildman–Crippen LogP) is 2.07. The molecule has 0 aliphatic rings. The van der Waals surface area contributed by atoms with E-state index in [9.17, 15) is 19.3 Å². The lowest BCUT2D eigenvalue weighted by atomic mass is 10.1. The highest BCUT2D eigenvalue weighted by atomic mass is 19.1. The first kappa shape index (κ1) is 17.0. The maximum absolute atomic E-state index is 14.0. The summed E-state index contributed by atoms with van der Waals surface area (Å²) in [5.74, 6) is -1.25. The van der Waals surface area contributed by atoms with Gasteiger partial charge in [-0.2, -0.15) is 0 Å². The summed E-state index contributed by atoms with van der Waals surface area (Å²) >= 11 is 0. The Morgan fingerprint density at radius 2 is 1.90 bits per heavy atom. The molecule has 0 spiro atoms. The van der Waals surface area contributed by atoms with Crippen LogP contribution >= 0.6 is 0 Å². The largest absolute Gasteiger partial charge is 0.342 e. The van der Waals surface area contributed by atoms with Crippen molar-refractivity contribution in [2.24, 2.45) is 0 Å². The smallest absolute Gasteiger partial charge is 0.270 e. The van der Waals surface area contributed by atoms with Crippen LogP contribution in [0.25, 0.3) is 0 Å². The van der Waals surface area contributed by atoms with Crippen molar-refractivity contribution in [2.45, 2.75) is 13.3 Å². The minimum atomic E-state index is -0.704. The first-order valence-electron chi connectivity index (χ1n) is 6.58. The minimum absolute atomic E-state index is 0.0919. The highest BCUT2D eigenvalue weighted by Gasteiger charge is 2.22. The van der Waals surface area contributed by atoms with Gasteiger partial charge in [0.1, 0.15) is 5.82 Å². The van der Waals surface area contributed by atoms with Gasteiger partial charge in [0.05, 0.1) is 10.5 Å². The fraction of sp³-hybridized carbons (Fsp3) is 0.500. The van der Waals surface area contributed by atoms with Crippen molar-refractivity contribution in [1.29, 1.82) is 0 Å². The minimum Gasteiger partial charge on any atom is -0.342 e. The molecule has 0 atom stereocenters. The molecule has 0 heterocycles. The molecule has 0 N–H and O–H groups in total. The zero-order chi connectivity index (χ0) is 16.2. The van der Waals surface area contributed by atoms with E-state index >= 15 is 0 Å². The van der Waals surface area contributed by atoms with Crippen LogP contribution in [-0.2, 0) is 0 Å². The number of aryl methyl sites for hydroxylation is 1. The van der Waals surface area contributed by atoms with E-state index in [1.54, 1.807) is 7.05 Å². The average Bonchev–Trinajstić information content (AvgIpc) is 2.40. The summed E-state index contributed by atoms with van der Waals surface area (Å²) in [4.78, 5) is 25.8. The summed E-state index contributed by atoms with van der Waals surface area (Å²) in [6.45, 7) is 2.66. The molecule has 0 aliphatic carbocycles. The van der Waals surface area contributed by atoms with Crippen molar-refractivity contribution in [3.8, 4) is 0 Å². The number of hydrogen-bond acceptors (Lipinski definition) is 4. The topological polar surface area (TPSA) is 66.7 Å². The summed E-state index contributed by atoms with van der Waals surface area (Å²) in [6, 6.07) is 2.12. The van der Waals surface area contributed by atoms with E-state index in [-0.39, 0.29) is 16.8 Å². The molecular formula is C14H20FN3O3. The van der Waals surface area contributed by atoms with E-state index in [2.05, 4.69) is 0 Å². The molecule has 0 saturated heterocycles. The molecule has 0 aromatic heterocycles. The van der Waals surface area contributed by atoms with Gasteiger partial charge in [0.25, 0.3) is 11.6 Å². The van der Waals surface area contributed by atoms with E-state index in [1.165, 1.54) is 11.8 Å². The Morgan fingerprint density at radius 1 is 1.29 bits per heavy atom. The van der Waals surface area contributed by atoms with E-state index in [0.717, 1.165) is 25.1 Å². The van der Waals surface area contributed by atoms with E-state index in [0.29, 0.717) is 6.54 Å². The molecule has 0 saturated carbocycles. The molecule has 21 heavy (non-hydrogen) atoms. The fourth-order valence-electron chi connectivity index (χ4n) is 1.94. The van der Waals surface area contributed by atoms with Gasteiger partial charge in [0, 0.05) is 25.7 Å². The van der Waals surface area contributed by atoms with E-state index in [4.69, 9.17) is 0 Å². The van der Waals surface area contributed by atoms with Crippen molar-refractivity contribution < 1.29 is 14.1 Å². The van der Waals surface area contributed by atoms with Crippen LogP contribution in [0.1, 0.15) is 22.3 Å². The van der Waals surface area contributed by atoms with Gasteiger partial charge in [0.15, 0.2) is 0 Å². The molecule has 0 unspecified atom stereocenters. The number of non-ortho nitro benzene ring substituents is 1. The number of carbonyl (C=O) groups excluding carboxylic acids is 1. The van der Waals surface area contributed by atoms with Crippen molar-refractivity contribution in [3.05, 3.63) is 39.2 Å². The standard InChI is InChI=1S/C14H20FN3O3/c1-10-8-11(18(20)21)9-12(13(10)15)14(19)17(4)7-5-6-16(2)3/h8-9H,5-7H2,1-4H3. The van der Waals surface area contributed by atoms with Gasteiger partial charge >= 0.3 is 0 Å². The lowest BCUT2D eigenvalue weighted by molar-refractivity contribution is -0.385. The quantitative estimate of drug-likeness (QED) is 0.595. The highest BCUT2D eigenvalue weighted by molar-refractivity contribution is 5.95. The maximum atomic E-state index is 14.0. The van der Waals surface area contributed by atoms with Crippen LogP contribution in [0.15, 0.2) is 12.1 Å². The van der Waals surface area contributed by atoms with Gasteiger partial charge in [-0.1, -0.05) is 0 Å². The van der Waals surface area contributed by atoms with Crippen molar-refractivity contribution in [2.75, 3.05) is 34.2 Å². The van der Waals surface area contributed by atoms with E-state index in [1.807, 2.05) is 19.0 Å². The molecule has 7 heteroatoms. The molecule has 6 nitrogen and oxygen atoms in total. The van der Waals surface area contributed by atoms with Crippen LogP contribution in [0.5, 0.6) is 0 Å². The van der Waals surface area contributed by atoms with Gasteiger partial charge in [-0.25, -0.2) is 4.39 Å². The molecule has 0 radical (unpaired) electrons. The fourth-order valence-corrected chi connectivity index (χ4v) is 1.94. The van der Waals surface area contributed by atoms with Crippen LogP contribution in [-0.4, -0.2) is 54.9 Å². The lowest BCUT2D eigenvalue weighted by Gasteiger charge is -2.19. The Balaban J connectivity index is 2.93. The molecule has 1 rings (SSSR count). The second-order valence-electron chi connectivity index (χ2n) is 5.26. The monoisotopic (exact) mass is 297 g/mol. The maximum Gasteiger partial charge on any atom is 0.270 e. The number of hydrogen-bond donors (Lipinski definition) is 0. The SMILES string of the molecule is Cc1cc([N+](=O)[O-])cc(C(=O)N(C)CCCN(C)C)c1F. The molecule has 1 amide bonds. The van der Waals surface area contributed by atoms with Crippen molar-refractivity contribution >= 4 is 11.6 Å². The van der Waals surface area contributed by atoms with Crippen molar-refractivity contribution in [1.82, 2.24) is 9.80 Å². The Kier molecular flexibility index (Phi) is 5.78. The zero-order valence-electron chi connectivity index (χ0n) is 12.7. The second kappa shape index (κ2) is 7.12. The third-order valence-electron chi connectivity index (χ3n) is 3.13. The van der Waals surface area contributed by atoms with Gasteiger partial charge < -0.3 is 9.80 Å². The third-order valence-corrected chi connectivity index (χ3v) is 3.13. The van der Waals surface area contributed by atoms with Crippen LogP contribution in [0.2, 0.25) is 0 Å². The van der Waals surface area contributed by atoms with Gasteiger partial charge in [-0.05, 0) is 39.5 Å². The van der Waals surface area contributed by atoms with Gasteiger partial charge in [0.2, 0.25) is 0 Å². The van der Waals surface area contributed by atoms with E-state index < -0.39 is 16.6 Å². The number of benzene rings is 1. The number of carbonyl (C=O) groups is 1. The molecule has 116 valence electrons. The highest BCUT2D eigenvalue weighted by Crippen LogP contribution is 2.22. The summed E-state index contributed by atoms with van der Waals surface area (Å²) in [6.07, 6.45) is 0.741. The molecule has 1 aromatic rings. The Labute approximate surface area is 123 Å². The summed E-state index contributed by atoms with van der Waals surface area (Å²) in [7, 11) is 5.41. The van der Waals surface area contributed by atoms with Crippen LogP contribution < -0.4 is 0 Å². The summed E-state index contributed by atoms with van der Waals surface area (Å²) < 4.78 is 14.0. The first-order chi connectivity index (χ1) is 9.73. The first-order valence-corrected chi connectivity index (χ1v) is 6.58. The van der Waals surface area contributed by atoms with Crippen molar-refractivity contribution in [3.63, 3.8) is 0 Å². The van der Waals surface area contributed by atoms with Crippen LogP contribution in [0.3, 0.4) is 0 Å². The molecule has 0 aliphatic heterocycles. The number of halogens is 1. The Bertz CT molecular complexity index is 547. The van der Waals surface area contributed by atoms with Crippen LogP contribution in [0.4, 0.5) is 10.1 Å². The molecular weight excluding hydrogens is 277 g/mol. The molecule has 1 aromatic carbocycles. The summed E-state index contributed by atoms with van der Waals surface area (Å²) in [5, 5.41) is 10.8. The zero-order valence-corrected chi connectivity index (χ0v) is 12.7. The number of amides is 1.